The van der Waals surface area contributed by atoms with Gasteiger partial charge in [-0.3, -0.25) is 14.9 Å². The Bertz CT molecular complexity index is 2200. The van der Waals surface area contributed by atoms with Gasteiger partial charge in [0.1, 0.15) is 21.3 Å². The van der Waals surface area contributed by atoms with Gasteiger partial charge in [0.2, 0.25) is 5.91 Å². The normalized spacial score (nSPS) is 14.2. The molecule has 1 aromatic carbocycles. The van der Waals surface area contributed by atoms with Crippen LogP contribution in [0.3, 0.4) is 0 Å². The number of carbonyl (C=O) groups excluding carboxylic acids is 1. The van der Waals surface area contributed by atoms with Crippen molar-refractivity contribution >= 4 is 43.5 Å². The van der Waals surface area contributed by atoms with E-state index in [-0.39, 0.29) is 24.0 Å². The van der Waals surface area contributed by atoms with Crippen LogP contribution >= 0.6 is 0 Å². The second kappa shape index (κ2) is 12.1. The molecule has 0 radical (unpaired) electrons. The van der Waals surface area contributed by atoms with Gasteiger partial charge in [0, 0.05) is 52.7 Å². The zero-order valence-corrected chi connectivity index (χ0v) is 26.0. The molecule has 46 heavy (non-hydrogen) atoms. The summed E-state index contributed by atoms with van der Waals surface area (Å²) in [4.78, 5) is 29.6. The Labute approximate surface area is 264 Å². The summed E-state index contributed by atoms with van der Waals surface area (Å²) in [6.45, 7) is 0. The van der Waals surface area contributed by atoms with E-state index in [0.29, 0.717) is 33.8 Å². The molecule has 5 heterocycles. The van der Waals surface area contributed by atoms with Crippen molar-refractivity contribution in [2.45, 2.75) is 38.5 Å². The number of nitrogens with zero attached hydrogens (tertiary/aromatic N) is 4. The van der Waals surface area contributed by atoms with Crippen LogP contribution in [0.4, 0.5) is 10.1 Å². The third-order valence-electron chi connectivity index (χ3n) is 8.56. The number of pyridine rings is 3. The third kappa shape index (κ3) is 6.25. The Morgan fingerprint density at radius 3 is 2.61 bits per heavy atom. The number of aromatic amines is 2. The summed E-state index contributed by atoms with van der Waals surface area (Å²) < 4.78 is 38.1. The van der Waals surface area contributed by atoms with Crippen LogP contribution in [0.5, 0.6) is 0 Å². The molecule has 7 rings (SSSR count). The molecule has 3 N–H and O–H groups in total. The monoisotopic (exact) mass is 637 g/mol. The molecule has 0 aliphatic heterocycles. The first-order valence-electron chi connectivity index (χ1n) is 15.3. The van der Waals surface area contributed by atoms with Crippen molar-refractivity contribution < 1.29 is 17.6 Å². The van der Waals surface area contributed by atoms with E-state index in [4.69, 9.17) is 0 Å². The quantitative estimate of drug-likeness (QED) is 0.173. The SMILES string of the molecule is CS(=O)(=O)CCc1cc(F)cc(-c2ccnc3[nH]c(-c4[nH]nc5ncc(-c6cncc(NC(=O)C7CCCCC7)c6)cc45)cc23)c1. The second-order valence-electron chi connectivity index (χ2n) is 12.0. The first-order valence-corrected chi connectivity index (χ1v) is 17.3. The van der Waals surface area contributed by atoms with Crippen molar-refractivity contribution in [3.8, 4) is 33.6 Å². The van der Waals surface area contributed by atoms with E-state index in [2.05, 4.69) is 35.5 Å². The number of fused-ring (bicyclic) bond motifs is 2. The summed E-state index contributed by atoms with van der Waals surface area (Å²) in [7, 11) is -3.19. The lowest BCUT2D eigenvalue weighted by Crippen LogP contribution is -2.24. The number of anilines is 1. The van der Waals surface area contributed by atoms with Gasteiger partial charge in [-0.2, -0.15) is 5.10 Å². The summed E-state index contributed by atoms with van der Waals surface area (Å²) in [5, 5.41) is 12.1. The van der Waals surface area contributed by atoms with Crippen LogP contribution in [0, 0.1) is 11.7 Å². The van der Waals surface area contributed by atoms with Crippen LogP contribution in [0.25, 0.3) is 55.7 Å². The summed E-state index contributed by atoms with van der Waals surface area (Å²) in [6.07, 6.45) is 13.4. The average Bonchev–Trinajstić information content (AvgIpc) is 3.68. The Kier molecular flexibility index (Phi) is 7.81. The first-order chi connectivity index (χ1) is 22.2. The Balaban J connectivity index is 1.21. The molecule has 1 saturated carbocycles. The fourth-order valence-electron chi connectivity index (χ4n) is 6.20. The number of halogens is 1. The van der Waals surface area contributed by atoms with Gasteiger partial charge in [0.15, 0.2) is 5.65 Å². The first kappa shape index (κ1) is 29.7. The van der Waals surface area contributed by atoms with E-state index in [9.17, 15) is 17.6 Å². The van der Waals surface area contributed by atoms with Gasteiger partial charge in [0.25, 0.3) is 0 Å². The molecule has 1 aliphatic rings. The summed E-state index contributed by atoms with van der Waals surface area (Å²) in [5.41, 5.74) is 6.81. The average molecular weight is 638 g/mol. The van der Waals surface area contributed by atoms with Crippen LogP contribution in [-0.2, 0) is 21.1 Å². The number of aromatic nitrogens is 6. The molecule has 0 saturated heterocycles. The molecule has 10 nitrogen and oxygen atoms in total. The standard InChI is InChI=1S/C34H32FN7O3S/c1-46(44,45)10-8-20-11-22(13-25(35)12-20)27-7-9-37-32-28(27)16-30(40-32)31-29-15-24(18-38-33(29)42-41-31)23-14-26(19-36-17-23)39-34(43)21-5-3-2-4-6-21/h7,9,11-19,21H,2-6,8,10H2,1H3,(H,37,40)(H,39,43)(H,38,41,42). The van der Waals surface area contributed by atoms with Gasteiger partial charge >= 0.3 is 0 Å². The van der Waals surface area contributed by atoms with Crippen molar-refractivity contribution in [3.63, 3.8) is 0 Å². The summed E-state index contributed by atoms with van der Waals surface area (Å²) in [5.74, 6) is -0.418. The maximum atomic E-state index is 14.7. The minimum absolute atomic E-state index is 0.0399. The highest BCUT2D eigenvalue weighted by Gasteiger charge is 2.21. The van der Waals surface area contributed by atoms with Gasteiger partial charge in [-0.05, 0) is 72.4 Å². The van der Waals surface area contributed by atoms with Crippen molar-refractivity contribution in [3.05, 3.63) is 78.6 Å². The van der Waals surface area contributed by atoms with Crippen LogP contribution in [0.2, 0.25) is 0 Å². The van der Waals surface area contributed by atoms with Gasteiger partial charge in [-0.25, -0.2) is 22.8 Å². The largest absolute Gasteiger partial charge is 0.338 e. The Morgan fingerprint density at radius 2 is 1.78 bits per heavy atom. The minimum atomic E-state index is -3.19. The van der Waals surface area contributed by atoms with Crippen molar-refractivity contribution in [1.29, 1.82) is 0 Å². The number of carbonyl (C=O) groups is 1. The van der Waals surface area contributed by atoms with E-state index in [1.54, 1.807) is 24.8 Å². The minimum Gasteiger partial charge on any atom is -0.338 e. The van der Waals surface area contributed by atoms with Gasteiger partial charge in [-0.15, -0.1) is 0 Å². The lowest BCUT2D eigenvalue weighted by atomic mass is 9.88. The van der Waals surface area contributed by atoms with Gasteiger partial charge in [0.05, 0.1) is 29.0 Å². The predicted octanol–water partition coefficient (Wildman–Crippen LogP) is 6.48. The molecule has 0 spiro atoms. The van der Waals surface area contributed by atoms with Crippen LogP contribution in [0.15, 0.2) is 67.3 Å². The molecule has 234 valence electrons. The third-order valence-corrected chi connectivity index (χ3v) is 9.50. The number of hydrogen-bond acceptors (Lipinski definition) is 7. The Morgan fingerprint density at radius 1 is 0.957 bits per heavy atom. The lowest BCUT2D eigenvalue weighted by molar-refractivity contribution is -0.120. The molecule has 12 heteroatoms. The summed E-state index contributed by atoms with van der Waals surface area (Å²) in [6, 6.07) is 12.2. The number of nitrogens with one attached hydrogen (secondary N) is 3. The topological polar surface area (TPSA) is 146 Å². The molecular formula is C34H32FN7O3S. The van der Waals surface area contributed by atoms with Gasteiger partial charge in [-0.1, -0.05) is 25.3 Å². The zero-order chi connectivity index (χ0) is 31.8. The molecule has 0 unspecified atom stereocenters. The molecule has 1 aliphatic carbocycles. The molecule has 5 aromatic heterocycles. The number of hydrogen-bond donors (Lipinski definition) is 3. The lowest BCUT2D eigenvalue weighted by Gasteiger charge is -2.20. The van der Waals surface area contributed by atoms with Crippen LogP contribution in [0.1, 0.15) is 37.7 Å². The van der Waals surface area contributed by atoms with E-state index in [0.717, 1.165) is 58.8 Å². The van der Waals surface area contributed by atoms with Crippen LogP contribution < -0.4 is 5.32 Å². The highest BCUT2D eigenvalue weighted by atomic mass is 32.2. The van der Waals surface area contributed by atoms with Gasteiger partial charge < -0.3 is 10.3 Å². The predicted molar refractivity (Wildman–Crippen MR) is 176 cm³/mol. The van der Waals surface area contributed by atoms with E-state index >= 15 is 0 Å². The molecule has 0 atom stereocenters. The highest BCUT2D eigenvalue weighted by molar-refractivity contribution is 7.90. The molecular weight excluding hydrogens is 605 g/mol. The van der Waals surface area contributed by atoms with E-state index in [1.807, 2.05) is 30.3 Å². The second-order valence-corrected chi connectivity index (χ2v) is 14.3. The maximum absolute atomic E-state index is 14.7. The fourth-order valence-corrected chi connectivity index (χ4v) is 6.81. The number of aryl methyl sites for hydroxylation is 1. The van der Waals surface area contributed by atoms with Crippen molar-refractivity contribution in [2.24, 2.45) is 5.92 Å². The molecule has 0 bridgehead atoms. The maximum Gasteiger partial charge on any atom is 0.227 e. The number of H-pyrrole nitrogens is 2. The smallest absolute Gasteiger partial charge is 0.227 e. The summed E-state index contributed by atoms with van der Waals surface area (Å²) >= 11 is 0. The highest BCUT2D eigenvalue weighted by Crippen LogP contribution is 2.35. The van der Waals surface area contributed by atoms with Crippen LogP contribution in [-0.4, -0.2) is 56.5 Å². The van der Waals surface area contributed by atoms with Crippen molar-refractivity contribution in [1.82, 2.24) is 30.1 Å². The van der Waals surface area contributed by atoms with E-state index in [1.165, 1.54) is 24.8 Å². The molecule has 6 aromatic rings. The number of sulfone groups is 1. The van der Waals surface area contributed by atoms with E-state index < -0.39 is 15.7 Å². The fraction of sp³-hybridized carbons (Fsp3) is 0.265. The number of amides is 1. The molecule has 1 amide bonds. The number of benzene rings is 1. The Hall–Kier alpha value is -4.97. The molecule has 1 fully saturated rings. The zero-order valence-electron chi connectivity index (χ0n) is 25.2. The number of rotatable bonds is 8. The van der Waals surface area contributed by atoms with Crippen molar-refractivity contribution in [2.75, 3.05) is 17.3 Å².